The van der Waals surface area contributed by atoms with Gasteiger partial charge >= 0.3 is 0 Å². The molecular formula is C21H29N3O3. The molecule has 0 aliphatic carbocycles. The quantitative estimate of drug-likeness (QED) is 0.552. The molecule has 0 aromatic heterocycles. The minimum absolute atomic E-state index is 0.633. The monoisotopic (exact) mass is 371 g/mol. The third kappa shape index (κ3) is 5.81. The van der Waals surface area contributed by atoms with Gasteiger partial charge in [0.15, 0.2) is 17.5 Å². The normalized spacial score (nSPS) is 11.1. The number of hydrogen-bond acceptors (Lipinski definition) is 4. The fourth-order valence-electron chi connectivity index (χ4n) is 2.82. The minimum Gasteiger partial charge on any atom is -0.496 e. The number of aliphatic imine (C=N–C) groups is 1. The Morgan fingerprint density at radius 1 is 0.889 bits per heavy atom. The summed E-state index contributed by atoms with van der Waals surface area (Å²) in [6.07, 6.45) is 0.849. The third-order valence-corrected chi connectivity index (χ3v) is 4.25. The molecule has 2 aromatic rings. The van der Waals surface area contributed by atoms with Crippen LogP contribution in [0.1, 0.15) is 16.7 Å². The summed E-state index contributed by atoms with van der Waals surface area (Å²) in [6.45, 7) is 3.47. The fourth-order valence-corrected chi connectivity index (χ4v) is 2.82. The van der Waals surface area contributed by atoms with Crippen molar-refractivity contribution in [2.75, 3.05) is 34.9 Å². The first-order valence-corrected chi connectivity index (χ1v) is 8.90. The Morgan fingerprint density at radius 2 is 1.59 bits per heavy atom. The summed E-state index contributed by atoms with van der Waals surface area (Å²) in [5.41, 5.74) is 3.48. The molecule has 6 heteroatoms. The van der Waals surface area contributed by atoms with E-state index in [2.05, 4.69) is 34.7 Å². The zero-order valence-electron chi connectivity index (χ0n) is 16.8. The molecule has 0 aliphatic rings. The van der Waals surface area contributed by atoms with Gasteiger partial charge in [0, 0.05) is 20.1 Å². The second-order valence-electron chi connectivity index (χ2n) is 6.11. The van der Waals surface area contributed by atoms with Crippen molar-refractivity contribution in [3.05, 3.63) is 53.1 Å². The molecule has 146 valence electrons. The molecule has 2 aromatic carbocycles. The van der Waals surface area contributed by atoms with E-state index in [1.807, 2.05) is 24.3 Å². The molecule has 0 heterocycles. The number of ether oxygens (including phenoxy) is 3. The first-order chi connectivity index (χ1) is 13.1. The van der Waals surface area contributed by atoms with Crippen LogP contribution in [0, 0.1) is 6.92 Å². The smallest absolute Gasteiger partial charge is 0.191 e. The maximum Gasteiger partial charge on any atom is 0.191 e. The molecule has 0 fully saturated rings. The van der Waals surface area contributed by atoms with Crippen molar-refractivity contribution in [3.8, 4) is 17.2 Å². The lowest BCUT2D eigenvalue weighted by molar-refractivity contribution is 0.354. The standard InChI is InChI=1S/C21H29N3O3/c1-15-6-8-18(25-3)17(12-15)10-11-23-21(22-2)24-14-16-7-9-19(26-4)20(13-16)27-5/h6-9,12-13H,10-11,14H2,1-5H3,(H2,22,23,24). The molecule has 0 atom stereocenters. The largest absolute Gasteiger partial charge is 0.496 e. The second-order valence-corrected chi connectivity index (χ2v) is 6.11. The number of nitrogens with zero attached hydrogens (tertiary/aromatic N) is 1. The molecule has 0 aliphatic heterocycles. The highest BCUT2D eigenvalue weighted by molar-refractivity contribution is 5.79. The minimum atomic E-state index is 0.633. The van der Waals surface area contributed by atoms with Crippen molar-refractivity contribution in [1.29, 1.82) is 0 Å². The van der Waals surface area contributed by atoms with Gasteiger partial charge in [-0.15, -0.1) is 0 Å². The van der Waals surface area contributed by atoms with Gasteiger partial charge in [-0.3, -0.25) is 4.99 Å². The van der Waals surface area contributed by atoms with E-state index in [0.717, 1.165) is 36.0 Å². The third-order valence-electron chi connectivity index (χ3n) is 4.25. The van der Waals surface area contributed by atoms with E-state index in [9.17, 15) is 0 Å². The molecule has 0 saturated carbocycles. The number of aryl methyl sites for hydroxylation is 1. The topological polar surface area (TPSA) is 64.1 Å². The molecule has 0 saturated heterocycles. The highest BCUT2D eigenvalue weighted by atomic mass is 16.5. The van der Waals surface area contributed by atoms with Crippen LogP contribution in [-0.2, 0) is 13.0 Å². The van der Waals surface area contributed by atoms with Crippen molar-refractivity contribution < 1.29 is 14.2 Å². The Hall–Kier alpha value is -2.89. The van der Waals surface area contributed by atoms with Crippen molar-refractivity contribution in [2.24, 2.45) is 4.99 Å². The first-order valence-electron chi connectivity index (χ1n) is 8.90. The van der Waals surface area contributed by atoms with Crippen LogP contribution in [0.5, 0.6) is 17.2 Å². The molecule has 0 radical (unpaired) electrons. The van der Waals surface area contributed by atoms with Crippen LogP contribution < -0.4 is 24.8 Å². The summed E-state index contributed by atoms with van der Waals surface area (Å²) in [7, 11) is 6.72. The van der Waals surface area contributed by atoms with Gasteiger partial charge in [0.1, 0.15) is 5.75 Å². The van der Waals surface area contributed by atoms with Gasteiger partial charge in [-0.25, -0.2) is 0 Å². The average molecular weight is 371 g/mol. The number of rotatable bonds is 8. The van der Waals surface area contributed by atoms with Crippen molar-refractivity contribution in [3.63, 3.8) is 0 Å². The molecule has 6 nitrogen and oxygen atoms in total. The molecular weight excluding hydrogens is 342 g/mol. The molecule has 2 rings (SSSR count). The number of guanidine groups is 1. The van der Waals surface area contributed by atoms with Crippen LogP contribution in [0.3, 0.4) is 0 Å². The molecule has 0 bridgehead atoms. The molecule has 0 unspecified atom stereocenters. The summed E-state index contributed by atoms with van der Waals surface area (Å²) in [5, 5.41) is 6.65. The molecule has 0 spiro atoms. The van der Waals surface area contributed by atoms with E-state index in [4.69, 9.17) is 14.2 Å². The van der Waals surface area contributed by atoms with Crippen LogP contribution in [0.2, 0.25) is 0 Å². The van der Waals surface area contributed by atoms with Crippen LogP contribution in [0.15, 0.2) is 41.4 Å². The predicted octanol–water partition coefficient (Wildman–Crippen LogP) is 2.93. The predicted molar refractivity (Wildman–Crippen MR) is 109 cm³/mol. The maximum absolute atomic E-state index is 5.43. The second kappa shape index (κ2) is 10.3. The van der Waals surface area contributed by atoms with Crippen molar-refractivity contribution in [2.45, 2.75) is 19.9 Å². The van der Waals surface area contributed by atoms with E-state index >= 15 is 0 Å². The summed E-state index contributed by atoms with van der Waals surface area (Å²) < 4.78 is 16.0. The van der Waals surface area contributed by atoms with Crippen LogP contribution in [0.4, 0.5) is 0 Å². The highest BCUT2D eigenvalue weighted by Gasteiger charge is 2.06. The Morgan fingerprint density at radius 3 is 2.26 bits per heavy atom. The number of benzene rings is 2. The van der Waals surface area contributed by atoms with Gasteiger partial charge in [-0.2, -0.15) is 0 Å². The van der Waals surface area contributed by atoms with E-state index in [1.165, 1.54) is 11.1 Å². The lowest BCUT2D eigenvalue weighted by Gasteiger charge is -2.14. The highest BCUT2D eigenvalue weighted by Crippen LogP contribution is 2.27. The molecule has 0 amide bonds. The maximum atomic E-state index is 5.43. The van der Waals surface area contributed by atoms with Gasteiger partial charge in [-0.05, 0) is 42.7 Å². The number of nitrogens with one attached hydrogen (secondary N) is 2. The first kappa shape index (κ1) is 20.4. The van der Waals surface area contributed by atoms with E-state index < -0.39 is 0 Å². The SMILES string of the molecule is CN=C(NCCc1cc(C)ccc1OC)NCc1ccc(OC)c(OC)c1. The Labute approximate surface area is 161 Å². The number of methoxy groups -OCH3 is 3. The summed E-state index contributed by atoms with van der Waals surface area (Å²) in [4.78, 5) is 4.28. The van der Waals surface area contributed by atoms with Gasteiger partial charge in [0.2, 0.25) is 0 Å². The van der Waals surface area contributed by atoms with Crippen molar-refractivity contribution >= 4 is 5.96 Å². The Balaban J connectivity index is 1.89. The fraction of sp³-hybridized carbons (Fsp3) is 0.381. The number of hydrogen-bond donors (Lipinski definition) is 2. The van der Waals surface area contributed by atoms with E-state index in [-0.39, 0.29) is 0 Å². The lowest BCUT2D eigenvalue weighted by Crippen LogP contribution is -2.37. The lowest BCUT2D eigenvalue weighted by atomic mass is 10.1. The molecule has 27 heavy (non-hydrogen) atoms. The summed E-state index contributed by atoms with van der Waals surface area (Å²) >= 11 is 0. The van der Waals surface area contributed by atoms with Gasteiger partial charge in [0.05, 0.1) is 21.3 Å². The van der Waals surface area contributed by atoms with Gasteiger partial charge in [0.25, 0.3) is 0 Å². The van der Waals surface area contributed by atoms with Crippen LogP contribution in [-0.4, -0.2) is 40.9 Å². The average Bonchev–Trinajstić information content (AvgIpc) is 2.70. The molecule has 2 N–H and O–H groups in total. The zero-order valence-corrected chi connectivity index (χ0v) is 16.8. The zero-order chi connectivity index (χ0) is 19.6. The van der Waals surface area contributed by atoms with E-state index in [1.54, 1.807) is 28.4 Å². The van der Waals surface area contributed by atoms with Crippen molar-refractivity contribution in [1.82, 2.24) is 10.6 Å². The Kier molecular flexibility index (Phi) is 7.79. The summed E-state index contributed by atoms with van der Waals surface area (Å²) in [5.74, 6) is 3.09. The summed E-state index contributed by atoms with van der Waals surface area (Å²) in [6, 6.07) is 12.1. The van der Waals surface area contributed by atoms with E-state index in [0.29, 0.717) is 12.3 Å². The van der Waals surface area contributed by atoms with Gasteiger partial charge in [-0.1, -0.05) is 23.8 Å². The van der Waals surface area contributed by atoms with Crippen LogP contribution >= 0.6 is 0 Å². The Bertz CT molecular complexity index is 775. The van der Waals surface area contributed by atoms with Crippen LogP contribution in [0.25, 0.3) is 0 Å². The van der Waals surface area contributed by atoms with Gasteiger partial charge < -0.3 is 24.8 Å².